The monoisotopic (exact) mass is 214 g/mol. The normalized spacial score (nSPS) is 39.2. The van der Waals surface area contributed by atoms with Crippen LogP contribution in [0, 0.1) is 0 Å². The minimum Gasteiger partial charge on any atom is -0.379 e. The molecule has 2 atom stereocenters. The topological polar surface area (TPSA) is 47.7 Å². The Hall–Kier alpha value is -0.160. The second kappa shape index (κ2) is 4.78. The Balaban J connectivity index is 2.05. The SMILES string of the molecule is CC1CN(C2(CN)CCOC2)CCCO1. The third-order valence-electron chi connectivity index (χ3n) is 3.59. The highest BCUT2D eigenvalue weighted by atomic mass is 16.5. The third-order valence-corrected chi connectivity index (χ3v) is 3.59. The maximum absolute atomic E-state index is 5.93. The Bertz CT molecular complexity index is 205. The molecule has 2 rings (SSSR count). The molecule has 4 nitrogen and oxygen atoms in total. The van der Waals surface area contributed by atoms with Crippen LogP contribution >= 0.6 is 0 Å². The molecule has 0 aromatic carbocycles. The maximum Gasteiger partial charge on any atom is 0.0674 e. The van der Waals surface area contributed by atoms with E-state index in [4.69, 9.17) is 15.2 Å². The first-order valence-electron chi connectivity index (χ1n) is 5.91. The lowest BCUT2D eigenvalue weighted by molar-refractivity contribution is 0.0318. The lowest BCUT2D eigenvalue weighted by atomic mass is 9.95. The lowest BCUT2D eigenvalue weighted by Gasteiger charge is -2.39. The molecule has 2 aliphatic rings. The van der Waals surface area contributed by atoms with E-state index in [1.807, 2.05) is 0 Å². The predicted octanol–water partition coefficient (Wildman–Crippen LogP) is 0.215. The summed E-state index contributed by atoms with van der Waals surface area (Å²) in [5.41, 5.74) is 6.02. The van der Waals surface area contributed by atoms with E-state index in [2.05, 4.69) is 11.8 Å². The van der Waals surface area contributed by atoms with Gasteiger partial charge < -0.3 is 15.2 Å². The van der Waals surface area contributed by atoms with E-state index in [1.165, 1.54) is 0 Å². The lowest BCUT2D eigenvalue weighted by Crippen LogP contribution is -2.56. The molecule has 2 heterocycles. The first kappa shape index (κ1) is 11.3. The first-order chi connectivity index (χ1) is 7.27. The van der Waals surface area contributed by atoms with Gasteiger partial charge in [0.15, 0.2) is 0 Å². The standard InChI is InChI=1S/C11H22N2O2/c1-10-7-13(4-2-5-15-10)11(8-12)3-6-14-9-11/h10H,2-9,12H2,1H3. The van der Waals surface area contributed by atoms with Crippen molar-refractivity contribution in [2.75, 3.05) is 39.5 Å². The molecule has 0 bridgehead atoms. The van der Waals surface area contributed by atoms with Gasteiger partial charge in [0.2, 0.25) is 0 Å². The predicted molar refractivity (Wildman–Crippen MR) is 58.8 cm³/mol. The Morgan fingerprint density at radius 3 is 3.00 bits per heavy atom. The number of nitrogens with zero attached hydrogens (tertiary/aromatic N) is 1. The molecule has 2 unspecified atom stereocenters. The highest BCUT2D eigenvalue weighted by Crippen LogP contribution is 2.27. The van der Waals surface area contributed by atoms with Crippen LogP contribution in [-0.4, -0.2) is 56.0 Å². The number of nitrogens with two attached hydrogens (primary N) is 1. The summed E-state index contributed by atoms with van der Waals surface area (Å²) in [7, 11) is 0. The fraction of sp³-hybridized carbons (Fsp3) is 1.00. The van der Waals surface area contributed by atoms with Crippen molar-refractivity contribution in [3.05, 3.63) is 0 Å². The highest BCUT2D eigenvalue weighted by molar-refractivity contribution is 4.96. The minimum absolute atomic E-state index is 0.0853. The quantitative estimate of drug-likeness (QED) is 0.714. The smallest absolute Gasteiger partial charge is 0.0674 e. The summed E-state index contributed by atoms with van der Waals surface area (Å²) >= 11 is 0. The van der Waals surface area contributed by atoms with Crippen LogP contribution in [0.15, 0.2) is 0 Å². The van der Waals surface area contributed by atoms with Crippen molar-refractivity contribution in [2.45, 2.75) is 31.4 Å². The van der Waals surface area contributed by atoms with Crippen molar-refractivity contribution in [1.82, 2.24) is 4.90 Å². The van der Waals surface area contributed by atoms with Crippen LogP contribution in [0.25, 0.3) is 0 Å². The van der Waals surface area contributed by atoms with Gasteiger partial charge in [-0.25, -0.2) is 0 Å². The molecule has 2 fully saturated rings. The van der Waals surface area contributed by atoms with Crippen molar-refractivity contribution in [3.8, 4) is 0 Å². The summed E-state index contributed by atoms with van der Waals surface area (Å²) in [5.74, 6) is 0. The summed E-state index contributed by atoms with van der Waals surface area (Å²) in [5, 5.41) is 0. The molecule has 2 saturated heterocycles. The molecule has 0 radical (unpaired) electrons. The van der Waals surface area contributed by atoms with E-state index in [1.54, 1.807) is 0 Å². The fourth-order valence-corrected chi connectivity index (χ4v) is 2.56. The second-order valence-electron chi connectivity index (χ2n) is 4.71. The van der Waals surface area contributed by atoms with Gasteiger partial charge in [-0.1, -0.05) is 0 Å². The molecular weight excluding hydrogens is 192 g/mol. The van der Waals surface area contributed by atoms with Gasteiger partial charge >= 0.3 is 0 Å². The summed E-state index contributed by atoms with van der Waals surface area (Å²) in [4.78, 5) is 2.48. The maximum atomic E-state index is 5.93. The van der Waals surface area contributed by atoms with Crippen molar-refractivity contribution < 1.29 is 9.47 Å². The van der Waals surface area contributed by atoms with Gasteiger partial charge in [-0.15, -0.1) is 0 Å². The molecule has 0 saturated carbocycles. The largest absolute Gasteiger partial charge is 0.379 e. The Morgan fingerprint density at radius 1 is 1.47 bits per heavy atom. The number of ether oxygens (including phenoxy) is 2. The van der Waals surface area contributed by atoms with Crippen LogP contribution in [0.4, 0.5) is 0 Å². The Labute approximate surface area is 91.7 Å². The molecule has 0 spiro atoms. The van der Waals surface area contributed by atoms with Crippen LogP contribution in [-0.2, 0) is 9.47 Å². The molecule has 0 aromatic rings. The molecule has 2 N–H and O–H groups in total. The minimum atomic E-state index is 0.0853. The molecule has 15 heavy (non-hydrogen) atoms. The molecule has 88 valence electrons. The van der Waals surface area contributed by atoms with Crippen LogP contribution in [0.2, 0.25) is 0 Å². The summed E-state index contributed by atoms with van der Waals surface area (Å²) < 4.78 is 11.2. The second-order valence-corrected chi connectivity index (χ2v) is 4.71. The number of hydrogen-bond acceptors (Lipinski definition) is 4. The molecule has 2 aliphatic heterocycles. The fourth-order valence-electron chi connectivity index (χ4n) is 2.56. The Morgan fingerprint density at radius 2 is 2.33 bits per heavy atom. The van der Waals surface area contributed by atoms with Gasteiger partial charge in [0.1, 0.15) is 0 Å². The summed E-state index contributed by atoms with van der Waals surface area (Å²) in [6.07, 6.45) is 2.49. The van der Waals surface area contributed by atoms with Gasteiger partial charge in [0.25, 0.3) is 0 Å². The van der Waals surface area contributed by atoms with Gasteiger partial charge in [0, 0.05) is 32.8 Å². The van der Waals surface area contributed by atoms with Crippen LogP contribution in [0.5, 0.6) is 0 Å². The summed E-state index contributed by atoms with van der Waals surface area (Å²) in [6.45, 7) is 7.42. The van der Waals surface area contributed by atoms with E-state index in [9.17, 15) is 0 Å². The van der Waals surface area contributed by atoms with E-state index in [0.717, 1.165) is 45.8 Å². The first-order valence-corrected chi connectivity index (χ1v) is 5.91. The summed E-state index contributed by atoms with van der Waals surface area (Å²) in [6, 6.07) is 0. The molecule has 0 aliphatic carbocycles. The van der Waals surface area contributed by atoms with Gasteiger partial charge in [0.05, 0.1) is 18.2 Å². The Kier molecular flexibility index (Phi) is 3.61. The van der Waals surface area contributed by atoms with Crippen molar-refractivity contribution >= 4 is 0 Å². The molecular formula is C11H22N2O2. The van der Waals surface area contributed by atoms with Crippen molar-refractivity contribution in [3.63, 3.8) is 0 Å². The average molecular weight is 214 g/mol. The van der Waals surface area contributed by atoms with Gasteiger partial charge in [-0.05, 0) is 19.8 Å². The zero-order valence-electron chi connectivity index (χ0n) is 9.58. The highest BCUT2D eigenvalue weighted by Gasteiger charge is 2.40. The van der Waals surface area contributed by atoms with Crippen LogP contribution in [0.1, 0.15) is 19.8 Å². The molecule has 0 aromatic heterocycles. The van der Waals surface area contributed by atoms with Crippen LogP contribution in [0.3, 0.4) is 0 Å². The van der Waals surface area contributed by atoms with E-state index in [0.29, 0.717) is 12.6 Å². The van der Waals surface area contributed by atoms with Gasteiger partial charge in [-0.3, -0.25) is 4.90 Å². The van der Waals surface area contributed by atoms with Crippen molar-refractivity contribution in [2.24, 2.45) is 5.73 Å². The molecule has 4 heteroatoms. The molecule has 0 amide bonds. The van der Waals surface area contributed by atoms with E-state index >= 15 is 0 Å². The third kappa shape index (κ3) is 2.33. The van der Waals surface area contributed by atoms with Gasteiger partial charge in [-0.2, -0.15) is 0 Å². The zero-order chi connectivity index (χ0) is 10.7. The number of hydrogen-bond donors (Lipinski definition) is 1. The van der Waals surface area contributed by atoms with E-state index in [-0.39, 0.29) is 5.54 Å². The van der Waals surface area contributed by atoms with Crippen LogP contribution < -0.4 is 5.73 Å². The van der Waals surface area contributed by atoms with Crippen molar-refractivity contribution in [1.29, 1.82) is 0 Å². The average Bonchev–Trinajstić information content (AvgIpc) is 2.63. The number of rotatable bonds is 2. The zero-order valence-corrected chi connectivity index (χ0v) is 9.58. The van der Waals surface area contributed by atoms with E-state index < -0.39 is 0 Å².